The summed E-state index contributed by atoms with van der Waals surface area (Å²) < 4.78 is 10.4. The van der Waals surface area contributed by atoms with Gasteiger partial charge in [-0.2, -0.15) is 0 Å². The number of aliphatic hydroxyl groups is 4. The number of methoxy groups -OCH3 is 1. The molecular formula is C21H28N2O7. The number of rotatable bonds is 11. The van der Waals surface area contributed by atoms with E-state index in [9.17, 15) is 20.1 Å². The number of nitrogens with zero attached hydrogens (tertiary/aromatic N) is 1. The first-order chi connectivity index (χ1) is 14.6. The van der Waals surface area contributed by atoms with Gasteiger partial charge < -0.3 is 34.9 Å². The topological polar surface area (TPSA) is 145 Å². The fourth-order valence-corrected chi connectivity index (χ4v) is 3.43. The number of benzene rings is 1. The summed E-state index contributed by atoms with van der Waals surface area (Å²) in [5, 5.41) is 38.6. The van der Waals surface area contributed by atoms with Crippen LogP contribution in [-0.4, -0.2) is 64.6 Å². The van der Waals surface area contributed by atoms with Crippen LogP contribution in [0.15, 0.2) is 17.1 Å². The van der Waals surface area contributed by atoms with Gasteiger partial charge in [0.25, 0.3) is 0 Å². The number of aromatic nitrogens is 1. The molecule has 1 aromatic heterocycles. The van der Waals surface area contributed by atoms with E-state index in [-0.39, 0.29) is 32.1 Å². The molecule has 9 heteroatoms. The van der Waals surface area contributed by atoms with Gasteiger partial charge in [0.2, 0.25) is 0 Å². The van der Waals surface area contributed by atoms with Crippen molar-refractivity contribution < 1.29 is 34.7 Å². The Morgan fingerprint density at radius 3 is 2.40 bits per heavy atom. The van der Waals surface area contributed by atoms with Crippen molar-refractivity contribution in [2.45, 2.75) is 33.2 Å². The molecule has 0 bridgehead atoms. The number of ether oxygens (including phenoxy) is 2. The highest BCUT2D eigenvalue weighted by Crippen LogP contribution is 2.36. The Hall–Kier alpha value is -2.56. The molecule has 5 N–H and O–H groups in total. The maximum absolute atomic E-state index is 12.6. The quantitative estimate of drug-likeness (QED) is 0.268. The van der Waals surface area contributed by atoms with Crippen LogP contribution in [0.1, 0.15) is 45.4 Å². The second kappa shape index (κ2) is 11.6. The van der Waals surface area contributed by atoms with E-state index in [0.29, 0.717) is 52.1 Å². The summed E-state index contributed by atoms with van der Waals surface area (Å²) >= 11 is 0. The Kier molecular flexibility index (Phi) is 9.15. The third-order valence-corrected chi connectivity index (χ3v) is 4.75. The highest BCUT2D eigenvalue weighted by molar-refractivity contribution is 5.99. The Balaban J connectivity index is 2.85. The Morgan fingerprint density at radius 1 is 1.10 bits per heavy atom. The fourth-order valence-electron chi connectivity index (χ4n) is 3.43. The average molecular weight is 420 g/mol. The van der Waals surface area contributed by atoms with Gasteiger partial charge in [0.05, 0.1) is 38.7 Å². The number of hydrogen-bond donors (Lipinski definition) is 5. The summed E-state index contributed by atoms with van der Waals surface area (Å²) in [4.78, 5) is 19.4. The first kappa shape index (κ1) is 23.7. The molecule has 30 heavy (non-hydrogen) atoms. The van der Waals surface area contributed by atoms with Crippen molar-refractivity contribution in [2.75, 3.05) is 27.1 Å². The lowest BCUT2D eigenvalue weighted by molar-refractivity contribution is 0.0518. The minimum absolute atomic E-state index is 0.193. The molecule has 1 heterocycles. The zero-order valence-electron chi connectivity index (χ0n) is 17.1. The van der Waals surface area contributed by atoms with E-state index in [2.05, 4.69) is 9.98 Å². The Labute approximate surface area is 174 Å². The number of hydrogen-bond acceptors (Lipinski definition) is 8. The molecular weight excluding hydrogens is 392 g/mol. The molecule has 0 saturated carbocycles. The summed E-state index contributed by atoms with van der Waals surface area (Å²) in [6, 6.07) is 3.37. The lowest BCUT2D eigenvalue weighted by atomic mass is 9.89. The Bertz CT molecular complexity index is 890. The highest BCUT2D eigenvalue weighted by Gasteiger charge is 2.26. The largest absolute Gasteiger partial charge is 0.461 e. The molecule has 0 saturated heterocycles. The van der Waals surface area contributed by atoms with Crippen molar-refractivity contribution in [3.8, 4) is 11.1 Å². The lowest BCUT2D eigenvalue weighted by Crippen LogP contribution is -2.10. The molecule has 0 amide bonds. The zero-order chi connectivity index (χ0) is 22.1. The molecule has 0 radical (unpaired) electrons. The number of nitrogens with one attached hydrogen (secondary N) is 1. The van der Waals surface area contributed by atoms with Gasteiger partial charge >= 0.3 is 5.97 Å². The number of aliphatic imine (C=N–C) groups is 1. The molecule has 0 spiro atoms. The molecule has 0 aliphatic carbocycles. The fraction of sp³-hybridized carbons (Fsp3) is 0.429. The van der Waals surface area contributed by atoms with Crippen molar-refractivity contribution in [1.82, 2.24) is 4.98 Å². The third kappa shape index (κ3) is 4.94. The third-order valence-electron chi connectivity index (χ3n) is 4.75. The maximum atomic E-state index is 12.6. The summed E-state index contributed by atoms with van der Waals surface area (Å²) in [7, 11) is 1.55. The van der Waals surface area contributed by atoms with Crippen molar-refractivity contribution in [1.29, 1.82) is 0 Å². The van der Waals surface area contributed by atoms with Crippen LogP contribution in [0.4, 0.5) is 0 Å². The monoisotopic (exact) mass is 420 g/mol. The smallest absolute Gasteiger partial charge is 0.355 e. The summed E-state index contributed by atoms with van der Waals surface area (Å²) in [5.41, 5.74) is 3.75. The van der Waals surface area contributed by atoms with Crippen molar-refractivity contribution in [2.24, 2.45) is 4.99 Å². The Morgan fingerprint density at radius 2 is 1.83 bits per heavy atom. The number of esters is 1. The summed E-state index contributed by atoms with van der Waals surface area (Å²) in [6.07, 6.45) is 1.76. The molecule has 2 rings (SSSR count). The van der Waals surface area contributed by atoms with E-state index in [1.165, 1.54) is 6.21 Å². The van der Waals surface area contributed by atoms with Crippen LogP contribution in [0, 0.1) is 0 Å². The van der Waals surface area contributed by atoms with E-state index in [4.69, 9.17) is 14.6 Å². The van der Waals surface area contributed by atoms with E-state index >= 15 is 0 Å². The number of aromatic amines is 1. The van der Waals surface area contributed by atoms with Crippen LogP contribution in [-0.2, 0) is 35.7 Å². The van der Waals surface area contributed by atoms with Gasteiger partial charge in [-0.1, -0.05) is 12.1 Å². The number of H-pyrrole nitrogens is 1. The first-order valence-electron chi connectivity index (χ1n) is 9.55. The standard InChI is InChI=1S/C21H28N2O7/c1-3-30-21(28)20-15(6-7-29-2)19(18(23-20)8-22-12-27)14-5-4-13(9-24)16(10-25)17(14)11-26/h4-5,8,23-27H,3,6-7,9-12H2,1-2H3/b22-8+. The molecule has 0 aliphatic rings. The predicted octanol–water partition coefficient (Wildman–Crippen LogP) is 0.893. The summed E-state index contributed by atoms with van der Waals surface area (Å²) in [5.74, 6) is -0.548. The van der Waals surface area contributed by atoms with Crippen LogP contribution in [0.5, 0.6) is 0 Å². The van der Waals surface area contributed by atoms with Gasteiger partial charge in [-0.3, -0.25) is 4.99 Å². The van der Waals surface area contributed by atoms with Crippen molar-refractivity contribution >= 4 is 12.2 Å². The first-order valence-corrected chi connectivity index (χ1v) is 9.55. The van der Waals surface area contributed by atoms with Gasteiger partial charge in [-0.15, -0.1) is 0 Å². The molecule has 0 atom stereocenters. The molecule has 9 nitrogen and oxygen atoms in total. The van der Waals surface area contributed by atoms with Crippen molar-refractivity contribution in [3.63, 3.8) is 0 Å². The van der Waals surface area contributed by atoms with E-state index in [1.54, 1.807) is 26.2 Å². The van der Waals surface area contributed by atoms with Crippen LogP contribution >= 0.6 is 0 Å². The molecule has 2 aromatic rings. The van der Waals surface area contributed by atoms with Gasteiger partial charge in [0, 0.05) is 18.9 Å². The van der Waals surface area contributed by atoms with Crippen LogP contribution < -0.4 is 0 Å². The van der Waals surface area contributed by atoms with Gasteiger partial charge in [0.15, 0.2) is 0 Å². The van der Waals surface area contributed by atoms with E-state index in [0.717, 1.165) is 0 Å². The van der Waals surface area contributed by atoms with Crippen LogP contribution in [0.3, 0.4) is 0 Å². The second-order valence-electron chi connectivity index (χ2n) is 6.39. The minimum atomic E-state index is -0.548. The van der Waals surface area contributed by atoms with Crippen molar-refractivity contribution in [3.05, 3.63) is 45.8 Å². The average Bonchev–Trinajstić information content (AvgIpc) is 3.13. The van der Waals surface area contributed by atoms with Crippen LogP contribution in [0.25, 0.3) is 11.1 Å². The molecule has 1 aromatic carbocycles. The minimum Gasteiger partial charge on any atom is -0.461 e. The van der Waals surface area contributed by atoms with Gasteiger partial charge in [-0.05, 0) is 41.2 Å². The normalized spacial score (nSPS) is 11.4. The molecule has 0 aliphatic heterocycles. The van der Waals surface area contributed by atoms with Gasteiger partial charge in [-0.25, -0.2) is 4.79 Å². The predicted molar refractivity (Wildman–Crippen MR) is 110 cm³/mol. The number of carbonyl (C=O) groups is 1. The number of aliphatic hydroxyl groups excluding tert-OH is 4. The molecule has 164 valence electrons. The van der Waals surface area contributed by atoms with E-state index in [1.807, 2.05) is 0 Å². The second-order valence-corrected chi connectivity index (χ2v) is 6.39. The molecule has 0 unspecified atom stereocenters. The maximum Gasteiger partial charge on any atom is 0.355 e. The van der Waals surface area contributed by atoms with Gasteiger partial charge in [0.1, 0.15) is 12.4 Å². The van der Waals surface area contributed by atoms with Crippen LogP contribution in [0.2, 0.25) is 0 Å². The zero-order valence-corrected chi connectivity index (χ0v) is 17.1. The summed E-state index contributed by atoms with van der Waals surface area (Å²) in [6.45, 7) is 0.721. The lowest BCUT2D eigenvalue weighted by Gasteiger charge is -2.17. The highest BCUT2D eigenvalue weighted by atomic mass is 16.5. The number of carbonyl (C=O) groups excluding carboxylic acids is 1. The molecule has 0 fully saturated rings. The SMILES string of the molecule is CCOC(=O)c1[nH]c(/C=N/CO)c(-c2ccc(CO)c(CO)c2CO)c1CCOC. The van der Waals surface area contributed by atoms with E-state index < -0.39 is 12.7 Å².